The molecule has 1 aliphatic heterocycles. The van der Waals surface area contributed by atoms with Crippen LogP contribution in [0.5, 0.6) is 0 Å². The smallest absolute Gasteiger partial charge is 0.330 e. The van der Waals surface area contributed by atoms with Crippen molar-refractivity contribution in [1.29, 1.82) is 0 Å². The van der Waals surface area contributed by atoms with E-state index in [9.17, 15) is 14.7 Å². The van der Waals surface area contributed by atoms with Gasteiger partial charge >= 0.3 is 5.69 Å². The van der Waals surface area contributed by atoms with Crippen LogP contribution in [0.4, 0.5) is 0 Å². The highest BCUT2D eigenvalue weighted by Gasteiger charge is 2.43. The summed E-state index contributed by atoms with van der Waals surface area (Å²) in [5, 5.41) is 17.9. The van der Waals surface area contributed by atoms with E-state index in [2.05, 4.69) is 0 Å². The van der Waals surface area contributed by atoms with Gasteiger partial charge in [0, 0.05) is 12.3 Å². The number of aromatic nitrogens is 2. The van der Waals surface area contributed by atoms with Crippen LogP contribution in [-0.4, -0.2) is 44.0 Å². The Bertz CT molecular complexity index is 513. The largest absolute Gasteiger partial charge is 0.394 e. The van der Waals surface area contributed by atoms with Crippen molar-refractivity contribution >= 4 is 11.6 Å². The summed E-state index contributed by atoms with van der Waals surface area (Å²) in [6, 6.07) is 1.13. The van der Waals surface area contributed by atoms with Crippen molar-refractivity contribution < 1.29 is 14.9 Å². The first-order valence-corrected chi connectivity index (χ1v) is 5.38. The fourth-order valence-corrected chi connectivity index (χ4v) is 1.98. The standard InChI is InChI=1S/C9H11ClN2O5/c10-6-4(3-13)17-8(7(6)15)12-2-1-5(14)11-9(12)16/h1-2,4,6-8,13,15H,3H2,(H,11,14,16)/t4-,6-,7-,8-/m1/s1. The topological polar surface area (TPSA) is 105 Å². The molecule has 2 rings (SSSR count). The molecular weight excluding hydrogens is 252 g/mol. The van der Waals surface area contributed by atoms with E-state index in [1.165, 1.54) is 6.20 Å². The third-order valence-corrected chi connectivity index (χ3v) is 3.13. The van der Waals surface area contributed by atoms with E-state index in [-0.39, 0.29) is 6.61 Å². The van der Waals surface area contributed by atoms with Crippen molar-refractivity contribution in [2.24, 2.45) is 0 Å². The Labute approximate surface area is 100 Å². The average Bonchev–Trinajstić information content (AvgIpc) is 2.57. The molecule has 0 bridgehead atoms. The second kappa shape index (κ2) is 4.61. The van der Waals surface area contributed by atoms with Crippen molar-refractivity contribution in [2.75, 3.05) is 6.61 Å². The predicted octanol–water partition coefficient (Wildman–Crippen LogP) is -1.61. The van der Waals surface area contributed by atoms with Crippen LogP contribution in [-0.2, 0) is 4.74 Å². The molecule has 1 saturated heterocycles. The van der Waals surface area contributed by atoms with E-state index in [0.717, 1.165) is 10.6 Å². The lowest BCUT2D eigenvalue weighted by atomic mass is 10.2. The zero-order valence-electron chi connectivity index (χ0n) is 8.62. The number of ether oxygens (including phenoxy) is 1. The van der Waals surface area contributed by atoms with Gasteiger partial charge in [0.1, 0.15) is 12.2 Å². The summed E-state index contributed by atoms with van der Waals surface area (Å²) >= 11 is 5.83. The van der Waals surface area contributed by atoms with Crippen LogP contribution in [0.1, 0.15) is 6.23 Å². The molecule has 0 aromatic carbocycles. The molecule has 0 spiro atoms. The molecule has 0 saturated carbocycles. The van der Waals surface area contributed by atoms with Gasteiger partial charge in [0.15, 0.2) is 6.23 Å². The molecule has 7 nitrogen and oxygen atoms in total. The molecule has 17 heavy (non-hydrogen) atoms. The highest BCUT2D eigenvalue weighted by Crippen LogP contribution is 2.31. The summed E-state index contributed by atoms with van der Waals surface area (Å²) in [6.45, 7) is -0.361. The third kappa shape index (κ3) is 2.14. The summed E-state index contributed by atoms with van der Waals surface area (Å²) in [5.41, 5.74) is -1.25. The quantitative estimate of drug-likeness (QED) is 0.557. The molecule has 3 N–H and O–H groups in total. The number of H-pyrrole nitrogens is 1. The van der Waals surface area contributed by atoms with E-state index < -0.39 is 35.1 Å². The summed E-state index contributed by atoms with van der Waals surface area (Å²) in [5.74, 6) is 0. The van der Waals surface area contributed by atoms with E-state index in [4.69, 9.17) is 21.4 Å². The Balaban J connectivity index is 2.35. The monoisotopic (exact) mass is 262 g/mol. The Morgan fingerprint density at radius 2 is 2.24 bits per heavy atom. The molecule has 1 aromatic heterocycles. The number of nitrogens with zero attached hydrogens (tertiary/aromatic N) is 1. The van der Waals surface area contributed by atoms with Gasteiger partial charge < -0.3 is 14.9 Å². The lowest BCUT2D eigenvalue weighted by Gasteiger charge is -2.16. The highest BCUT2D eigenvalue weighted by molar-refractivity contribution is 6.21. The molecule has 1 aliphatic rings. The van der Waals surface area contributed by atoms with Gasteiger partial charge in [0.2, 0.25) is 0 Å². The zero-order valence-corrected chi connectivity index (χ0v) is 9.37. The first kappa shape index (κ1) is 12.3. The SMILES string of the molecule is O=c1ccn([C@@H]2O[C@H](CO)[C@@H](Cl)[C@H]2O)c(=O)[nH]1. The molecule has 0 aliphatic carbocycles. The van der Waals surface area contributed by atoms with E-state index >= 15 is 0 Å². The molecular formula is C9H11ClN2O5. The molecule has 0 amide bonds. The molecule has 4 atom stereocenters. The Kier molecular flexibility index (Phi) is 3.34. The Morgan fingerprint density at radius 3 is 2.76 bits per heavy atom. The number of aliphatic hydroxyl groups excluding tert-OH is 2. The Hall–Kier alpha value is -1.15. The number of alkyl halides is 1. The van der Waals surface area contributed by atoms with Crippen LogP contribution >= 0.6 is 11.6 Å². The summed E-state index contributed by atoms with van der Waals surface area (Å²) in [4.78, 5) is 24.4. The van der Waals surface area contributed by atoms with Gasteiger partial charge in [0.05, 0.1) is 12.0 Å². The first-order chi connectivity index (χ1) is 8.04. The number of nitrogens with one attached hydrogen (secondary N) is 1. The molecule has 2 heterocycles. The first-order valence-electron chi connectivity index (χ1n) is 4.94. The van der Waals surface area contributed by atoms with Gasteiger partial charge in [-0.15, -0.1) is 11.6 Å². The van der Waals surface area contributed by atoms with E-state index in [0.29, 0.717) is 0 Å². The molecule has 8 heteroatoms. The van der Waals surface area contributed by atoms with Crippen LogP contribution < -0.4 is 11.2 Å². The van der Waals surface area contributed by atoms with Crippen molar-refractivity contribution in [3.05, 3.63) is 33.1 Å². The van der Waals surface area contributed by atoms with Crippen molar-refractivity contribution in [3.8, 4) is 0 Å². The van der Waals surface area contributed by atoms with Crippen molar-refractivity contribution in [3.63, 3.8) is 0 Å². The number of hydrogen-bond acceptors (Lipinski definition) is 5. The minimum Gasteiger partial charge on any atom is -0.394 e. The lowest BCUT2D eigenvalue weighted by Crippen LogP contribution is -2.36. The fraction of sp³-hybridized carbons (Fsp3) is 0.556. The van der Waals surface area contributed by atoms with E-state index in [1.54, 1.807) is 0 Å². The average molecular weight is 263 g/mol. The van der Waals surface area contributed by atoms with E-state index in [1.807, 2.05) is 4.98 Å². The summed E-state index contributed by atoms with van der Waals surface area (Å²) in [7, 11) is 0. The van der Waals surface area contributed by atoms with Crippen molar-refractivity contribution in [2.45, 2.75) is 23.8 Å². The maximum absolute atomic E-state index is 11.5. The van der Waals surface area contributed by atoms with Gasteiger partial charge in [-0.3, -0.25) is 14.3 Å². The van der Waals surface area contributed by atoms with Crippen LogP contribution in [0.2, 0.25) is 0 Å². The van der Waals surface area contributed by atoms with Gasteiger partial charge in [-0.1, -0.05) is 0 Å². The lowest BCUT2D eigenvalue weighted by molar-refractivity contribution is -0.0530. The number of halogens is 1. The zero-order chi connectivity index (χ0) is 12.6. The number of aromatic amines is 1. The minimum absolute atomic E-state index is 0.361. The molecule has 1 aromatic rings. The van der Waals surface area contributed by atoms with Crippen LogP contribution in [0.25, 0.3) is 0 Å². The van der Waals surface area contributed by atoms with Crippen LogP contribution in [0.15, 0.2) is 21.9 Å². The van der Waals surface area contributed by atoms with Gasteiger partial charge in [-0.2, -0.15) is 0 Å². The summed E-state index contributed by atoms with van der Waals surface area (Å²) in [6.07, 6.45) is -1.70. The highest BCUT2D eigenvalue weighted by atomic mass is 35.5. The fourth-order valence-electron chi connectivity index (χ4n) is 1.71. The predicted molar refractivity (Wildman–Crippen MR) is 58.0 cm³/mol. The van der Waals surface area contributed by atoms with Crippen molar-refractivity contribution in [1.82, 2.24) is 9.55 Å². The molecule has 94 valence electrons. The molecule has 0 unspecified atom stereocenters. The Morgan fingerprint density at radius 1 is 1.53 bits per heavy atom. The number of rotatable bonds is 2. The number of hydrogen-bond donors (Lipinski definition) is 3. The maximum atomic E-state index is 11.5. The maximum Gasteiger partial charge on any atom is 0.330 e. The minimum atomic E-state index is -1.14. The van der Waals surface area contributed by atoms with Gasteiger partial charge in [0.25, 0.3) is 5.56 Å². The molecule has 1 fully saturated rings. The normalized spacial score (nSPS) is 32.9. The van der Waals surface area contributed by atoms with Gasteiger partial charge in [-0.05, 0) is 0 Å². The summed E-state index contributed by atoms with van der Waals surface area (Å²) < 4.78 is 6.28. The molecule has 0 radical (unpaired) electrons. The number of aliphatic hydroxyl groups is 2. The second-order valence-electron chi connectivity index (χ2n) is 3.70. The third-order valence-electron chi connectivity index (χ3n) is 2.59. The van der Waals surface area contributed by atoms with Crippen LogP contribution in [0.3, 0.4) is 0 Å². The van der Waals surface area contributed by atoms with Gasteiger partial charge in [-0.25, -0.2) is 4.79 Å². The van der Waals surface area contributed by atoms with Crippen LogP contribution in [0, 0.1) is 0 Å². The second-order valence-corrected chi connectivity index (χ2v) is 4.20.